The van der Waals surface area contributed by atoms with E-state index in [0.717, 1.165) is 17.9 Å². The van der Waals surface area contributed by atoms with Crippen molar-refractivity contribution in [1.82, 2.24) is 19.3 Å². The number of aliphatic hydroxyl groups is 1. The maximum atomic E-state index is 10.2. The van der Waals surface area contributed by atoms with E-state index in [2.05, 4.69) is 10.1 Å². The minimum atomic E-state index is -0.721. The van der Waals surface area contributed by atoms with Crippen molar-refractivity contribution in [3.05, 3.63) is 35.7 Å². The zero-order valence-electron chi connectivity index (χ0n) is 9.75. The summed E-state index contributed by atoms with van der Waals surface area (Å²) in [6.07, 6.45) is 2.78. The molecule has 2 aromatic heterocycles. The molecule has 0 saturated heterocycles. The maximum Gasteiger partial charge on any atom is 0.153 e. The Morgan fingerprint density at radius 3 is 2.81 bits per heavy atom. The smallest absolute Gasteiger partial charge is 0.153 e. The van der Waals surface area contributed by atoms with Crippen LogP contribution in [0.2, 0.25) is 0 Å². The molecule has 5 heteroatoms. The van der Waals surface area contributed by atoms with Crippen molar-refractivity contribution in [1.29, 1.82) is 0 Å². The molecule has 0 aliphatic rings. The molecule has 0 bridgehead atoms. The minimum Gasteiger partial charge on any atom is -0.379 e. The molecule has 0 fully saturated rings. The SMILES string of the molecule is CCn1nc(C)cc1C(O)c1nccn1C. The topological polar surface area (TPSA) is 55.9 Å². The lowest BCUT2D eigenvalue weighted by atomic mass is 10.2. The van der Waals surface area contributed by atoms with E-state index in [1.165, 1.54) is 0 Å². The van der Waals surface area contributed by atoms with Gasteiger partial charge in [0.15, 0.2) is 6.10 Å². The molecule has 0 spiro atoms. The summed E-state index contributed by atoms with van der Waals surface area (Å²) in [7, 11) is 1.87. The van der Waals surface area contributed by atoms with Gasteiger partial charge in [-0.1, -0.05) is 0 Å². The molecule has 0 amide bonds. The van der Waals surface area contributed by atoms with Crippen LogP contribution in [0.5, 0.6) is 0 Å². The van der Waals surface area contributed by atoms with Gasteiger partial charge in [0.05, 0.1) is 11.4 Å². The van der Waals surface area contributed by atoms with Gasteiger partial charge >= 0.3 is 0 Å². The molecule has 86 valence electrons. The van der Waals surface area contributed by atoms with E-state index < -0.39 is 6.10 Å². The van der Waals surface area contributed by atoms with Gasteiger partial charge in [0.25, 0.3) is 0 Å². The van der Waals surface area contributed by atoms with E-state index in [9.17, 15) is 5.11 Å². The quantitative estimate of drug-likeness (QED) is 0.840. The predicted molar refractivity (Wildman–Crippen MR) is 59.9 cm³/mol. The van der Waals surface area contributed by atoms with E-state index in [0.29, 0.717) is 5.82 Å². The number of aryl methyl sites for hydroxylation is 3. The average Bonchev–Trinajstić information content (AvgIpc) is 2.83. The lowest BCUT2D eigenvalue weighted by Crippen LogP contribution is -2.12. The fraction of sp³-hybridized carbons (Fsp3) is 0.455. The Kier molecular flexibility index (Phi) is 2.78. The summed E-state index contributed by atoms with van der Waals surface area (Å²) < 4.78 is 3.61. The zero-order chi connectivity index (χ0) is 11.7. The van der Waals surface area contributed by atoms with Crippen LogP contribution in [0.1, 0.15) is 30.2 Å². The fourth-order valence-corrected chi connectivity index (χ4v) is 1.81. The van der Waals surface area contributed by atoms with E-state index in [1.54, 1.807) is 10.9 Å². The first-order chi connectivity index (χ1) is 7.63. The van der Waals surface area contributed by atoms with Crippen LogP contribution in [0.3, 0.4) is 0 Å². The predicted octanol–water partition coefficient (Wildman–Crippen LogP) is 1.03. The normalized spacial score (nSPS) is 13.0. The first-order valence-electron chi connectivity index (χ1n) is 5.33. The first-order valence-corrected chi connectivity index (χ1v) is 5.33. The van der Waals surface area contributed by atoms with Crippen molar-refractivity contribution in [3.8, 4) is 0 Å². The van der Waals surface area contributed by atoms with E-state index in [1.807, 2.05) is 37.7 Å². The van der Waals surface area contributed by atoms with Crippen LogP contribution in [0.4, 0.5) is 0 Å². The highest BCUT2D eigenvalue weighted by Gasteiger charge is 2.19. The standard InChI is InChI=1S/C11H16N4O/c1-4-15-9(7-8(2)13-15)10(16)11-12-5-6-14(11)3/h5-7,10,16H,4H2,1-3H3. The van der Waals surface area contributed by atoms with Crippen LogP contribution in [0.25, 0.3) is 0 Å². The van der Waals surface area contributed by atoms with Gasteiger partial charge < -0.3 is 9.67 Å². The van der Waals surface area contributed by atoms with Crippen LogP contribution < -0.4 is 0 Å². The number of hydrogen-bond acceptors (Lipinski definition) is 3. The second kappa shape index (κ2) is 4.09. The van der Waals surface area contributed by atoms with Crippen molar-refractivity contribution < 1.29 is 5.11 Å². The summed E-state index contributed by atoms with van der Waals surface area (Å²) in [5.74, 6) is 0.634. The maximum absolute atomic E-state index is 10.2. The molecular formula is C11H16N4O. The highest BCUT2D eigenvalue weighted by Crippen LogP contribution is 2.20. The first kappa shape index (κ1) is 10.9. The van der Waals surface area contributed by atoms with Crippen molar-refractivity contribution in [3.63, 3.8) is 0 Å². The van der Waals surface area contributed by atoms with Gasteiger partial charge in [-0.05, 0) is 19.9 Å². The van der Waals surface area contributed by atoms with Gasteiger partial charge in [0.1, 0.15) is 5.82 Å². The third-order valence-corrected chi connectivity index (χ3v) is 2.62. The van der Waals surface area contributed by atoms with Crippen molar-refractivity contribution >= 4 is 0 Å². The average molecular weight is 220 g/mol. The molecule has 0 saturated carbocycles. The summed E-state index contributed by atoms with van der Waals surface area (Å²) in [6, 6.07) is 1.89. The number of hydrogen-bond donors (Lipinski definition) is 1. The van der Waals surface area contributed by atoms with Gasteiger partial charge in [-0.25, -0.2) is 4.98 Å². The van der Waals surface area contributed by atoms with Crippen molar-refractivity contribution in [2.45, 2.75) is 26.5 Å². The Hall–Kier alpha value is -1.62. The highest BCUT2D eigenvalue weighted by atomic mass is 16.3. The Balaban J connectivity index is 2.40. The Morgan fingerprint density at radius 2 is 2.25 bits per heavy atom. The summed E-state index contributed by atoms with van der Waals surface area (Å²) in [5, 5.41) is 14.6. The highest BCUT2D eigenvalue weighted by molar-refractivity contribution is 5.18. The van der Waals surface area contributed by atoms with Crippen LogP contribution >= 0.6 is 0 Å². The van der Waals surface area contributed by atoms with Crippen LogP contribution in [-0.4, -0.2) is 24.4 Å². The second-order valence-corrected chi connectivity index (χ2v) is 3.83. The van der Waals surface area contributed by atoms with Crippen molar-refractivity contribution in [2.75, 3.05) is 0 Å². The molecule has 1 N–H and O–H groups in total. The molecule has 0 aliphatic heterocycles. The molecule has 2 heterocycles. The van der Waals surface area contributed by atoms with Gasteiger partial charge in [-0.3, -0.25) is 4.68 Å². The van der Waals surface area contributed by atoms with E-state index in [4.69, 9.17) is 0 Å². The van der Waals surface area contributed by atoms with Gasteiger partial charge in [-0.2, -0.15) is 5.10 Å². The van der Waals surface area contributed by atoms with E-state index >= 15 is 0 Å². The summed E-state index contributed by atoms with van der Waals surface area (Å²) in [4.78, 5) is 4.15. The molecule has 0 aliphatic carbocycles. The second-order valence-electron chi connectivity index (χ2n) is 3.83. The monoisotopic (exact) mass is 220 g/mol. The number of imidazole rings is 1. The molecule has 16 heavy (non-hydrogen) atoms. The lowest BCUT2D eigenvalue weighted by Gasteiger charge is -2.11. The summed E-state index contributed by atoms with van der Waals surface area (Å²) in [6.45, 7) is 4.66. The van der Waals surface area contributed by atoms with Crippen LogP contribution in [0.15, 0.2) is 18.5 Å². The minimum absolute atomic E-state index is 0.634. The van der Waals surface area contributed by atoms with E-state index in [-0.39, 0.29) is 0 Å². The number of nitrogens with zero attached hydrogens (tertiary/aromatic N) is 4. The molecular weight excluding hydrogens is 204 g/mol. The molecule has 0 radical (unpaired) electrons. The third kappa shape index (κ3) is 1.74. The fourth-order valence-electron chi connectivity index (χ4n) is 1.81. The lowest BCUT2D eigenvalue weighted by molar-refractivity contribution is 0.194. The molecule has 0 aromatic carbocycles. The summed E-state index contributed by atoms with van der Waals surface area (Å²) >= 11 is 0. The molecule has 5 nitrogen and oxygen atoms in total. The largest absolute Gasteiger partial charge is 0.379 e. The Labute approximate surface area is 94.4 Å². The number of rotatable bonds is 3. The molecule has 2 rings (SSSR count). The van der Waals surface area contributed by atoms with Crippen LogP contribution in [0, 0.1) is 6.92 Å². The molecule has 2 aromatic rings. The van der Waals surface area contributed by atoms with Crippen molar-refractivity contribution in [2.24, 2.45) is 7.05 Å². The van der Waals surface area contributed by atoms with Gasteiger partial charge in [0.2, 0.25) is 0 Å². The molecule has 1 unspecified atom stereocenters. The van der Waals surface area contributed by atoms with Gasteiger partial charge in [0, 0.05) is 26.0 Å². The summed E-state index contributed by atoms with van der Waals surface area (Å²) in [5.41, 5.74) is 1.69. The Bertz CT molecular complexity index is 486. The number of aromatic nitrogens is 4. The molecule has 1 atom stereocenters. The zero-order valence-corrected chi connectivity index (χ0v) is 9.75. The Morgan fingerprint density at radius 1 is 1.50 bits per heavy atom. The third-order valence-electron chi connectivity index (χ3n) is 2.62. The number of aliphatic hydroxyl groups excluding tert-OH is 1. The van der Waals surface area contributed by atoms with Gasteiger partial charge in [-0.15, -0.1) is 0 Å². The van der Waals surface area contributed by atoms with Crippen LogP contribution in [-0.2, 0) is 13.6 Å².